The van der Waals surface area contributed by atoms with Crippen molar-refractivity contribution in [2.45, 2.75) is 83.5 Å². The van der Waals surface area contributed by atoms with Gasteiger partial charge < -0.3 is 24.7 Å². The number of oxime groups is 1. The minimum Gasteiger partial charge on any atom is -0.467 e. The molecule has 0 unspecified atom stereocenters. The molecular weight excluding hydrogens is 460 g/mol. The number of methoxy groups -OCH3 is 1. The summed E-state index contributed by atoms with van der Waals surface area (Å²) < 4.78 is 4.76. The van der Waals surface area contributed by atoms with Gasteiger partial charge in [0, 0.05) is 18.4 Å². The maximum atomic E-state index is 12.6. The van der Waals surface area contributed by atoms with Crippen LogP contribution in [-0.2, 0) is 19.2 Å². The van der Waals surface area contributed by atoms with Crippen LogP contribution in [0, 0.1) is 28.6 Å². The maximum Gasteiger partial charge on any atom is 0.328 e. The summed E-state index contributed by atoms with van der Waals surface area (Å²) in [4.78, 5) is 31.3. The highest BCUT2D eigenvalue weighted by Gasteiger charge is 2.62. The second-order valence-corrected chi connectivity index (χ2v) is 12.2. The number of hydrogen-bond donors (Lipinski definition) is 2. The number of amides is 1. The SMILES string of the molecule is COC(=O)[C@H]1C[C@H](O)CN1C(=O)CON=C1C=C[C@@]2(C)C(=C1)CC[C@@H]1[C@@H]2CC[C@@]2(C)[C@H]1CC[C@]2(C)O. The van der Waals surface area contributed by atoms with Crippen molar-refractivity contribution in [1.82, 2.24) is 4.90 Å². The number of aliphatic hydroxyl groups excluding tert-OH is 1. The average molecular weight is 501 g/mol. The number of fused-ring (bicyclic) bond motifs is 5. The Morgan fingerprint density at radius 1 is 1.17 bits per heavy atom. The molecular formula is C28H40N2O6. The van der Waals surface area contributed by atoms with E-state index in [1.807, 2.05) is 13.0 Å². The molecule has 0 spiro atoms. The molecule has 1 saturated heterocycles. The van der Waals surface area contributed by atoms with Crippen molar-refractivity contribution in [2.75, 3.05) is 20.3 Å². The molecule has 0 aromatic rings. The van der Waals surface area contributed by atoms with E-state index >= 15 is 0 Å². The molecule has 0 aromatic heterocycles. The van der Waals surface area contributed by atoms with Crippen LogP contribution in [0.4, 0.5) is 0 Å². The first-order chi connectivity index (χ1) is 17.0. The highest BCUT2D eigenvalue weighted by Crippen LogP contribution is 2.66. The lowest BCUT2D eigenvalue weighted by molar-refractivity contribution is -0.152. The van der Waals surface area contributed by atoms with Gasteiger partial charge in [0.2, 0.25) is 0 Å². The Bertz CT molecular complexity index is 1020. The van der Waals surface area contributed by atoms with Crippen molar-refractivity contribution in [3.05, 3.63) is 23.8 Å². The Morgan fingerprint density at radius 2 is 1.92 bits per heavy atom. The fourth-order valence-corrected chi connectivity index (χ4v) is 8.20. The Kier molecular flexibility index (Phi) is 6.35. The molecule has 5 rings (SSSR count). The molecule has 1 amide bonds. The van der Waals surface area contributed by atoms with Crippen LogP contribution in [0.5, 0.6) is 0 Å². The number of ether oxygens (including phenoxy) is 1. The molecule has 3 saturated carbocycles. The molecule has 8 heteroatoms. The minimum absolute atomic E-state index is 0.00931. The molecule has 4 fully saturated rings. The van der Waals surface area contributed by atoms with Crippen LogP contribution in [0.3, 0.4) is 0 Å². The van der Waals surface area contributed by atoms with Crippen molar-refractivity contribution in [3.63, 3.8) is 0 Å². The van der Waals surface area contributed by atoms with E-state index in [9.17, 15) is 19.8 Å². The molecule has 0 aromatic carbocycles. The lowest BCUT2D eigenvalue weighted by atomic mass is 9.47. The zero-order valence-electron chi connectivity index (χ0n) is 21.9. The number of likely N-dealkylation sites (tertiary alicyclic amines) is 1. The largest absolute Gasteiger partial charge is 0.467 e. The van der Waals surface area contributed by atoms with Gasteiger partial charge in [0.15, 0.2) is 6.61 Å². The number of rotatable bonds is 4. The van der Waals surface area contributed by atoms with Gasteiger partial charge in [-0.15, -0.1) is 0 Å². The van der Waals surface area contributed by atoms with Gasteiger partial charge >= 0.3 is 5.97 Å². The van der Waals surface area contributed by atoms with E-state index in [1.165, 1.54) is 17.6 Å². The van der Waals surface area contributed by atoms with E-state index in [1.54, 1.807) is 0 Å². The summed E-state index contributed by atoms with van der Waals surface area (Å²) in [5, 5.41) is 25.2. The van der Waals surface area contributed by atoms with Crippen LogP contribution < -0.4 is 0 Å². The summed E-state index contributed by atoms with van der Waals surface area (Å²) in [5.74, 6) is 0.810. The first kappa shape index (κ1) is 25.5. The summed E-state index contributed by atoms with van der Waals surface area (Å²) >= 11 is 0. The Morgan fingerprint density at radius 3 is 2.67 bits per heavy atom. The van der Waals surface area contributed by atoms with E-state index in [-0.39, 0.29) is 30.4 Å². The van der Waals surface area contributed by atoms with Crippen molar-refractivity contribution in [3.8, 4) is 0 Å². The Balaban J connectivity index is 1.24. The zero-order chi connectivity index (χ0) is 25.9. The average Bonchev–Trinajstić information content (AvgIpc) is 3.35. The van der Waals surface area contributed by atoms with Gasteiger partial charge in [-0.05, 0) is 80.8 Å². The Hall–Kier alpha value is -2.19. The maximum absolute atomic E-state index is 12.6. The lowest BCUT2D eigenvalue weighted by Crippen LogP contribution is -2.53. The molecule has 5 aliphatic rings. The van der Waals surface area contributed by atoms with Crippen LogP contribution in [-0.4, -0.2) is 70.7 Å². The second-order valence-electron chi connectivity index (χ2n) is 12.2. The molecule has 0 radical (unpaired) electrons. The molecule has 1 heterocycles. The predicted molar refractivity (Wildman–Crippen MR) is 134 cm³/mol. The number of esters is 1. The first-order valence-electron chi connectivity index (χ1n) is 13.4. The number of carbonyl (C=O) groups excluding carboxylic acids is 2. The summed E-state index contributed by atoms with van der Waals surface area (Å²) in [7, 11) is 1.27. The fraction of sp³-hybridized carbons (Fsp3) is 0.750. The third kappa shape index (κ3) is 3.92. The first-order valence-corrected chi connectivity index (χ1v) is 13.4. The number of aliphatic hydroxyl groups is 2. The smallest absolute Gasteiger partial charge is 0.328 e. The van der Waals surface area contributed by atoms with Gasteiger partial charge in [-0.3, -0.25) is 4.79 Å². The number of carbonyl (C=O) groups is 2. The monoisotopic (exact) mass is 500 g/mol. The molecule has 8 nitrogen and oxygen atoms in total. The van der Waals surface area contributed by atoms with Crippen molar-refractivity contribution in [2.24, 2.45) is 33.7 Å². The summed E-state index contributed by atoms with van der Waals surface area (Å²) in [5.41, 5.74) is 1.47. The van der Waals surface area contributed by atoms with E-state index in [0.29, 0.717) is 23.5 Å². The van der Waals surface area contributed by atoms with Crippen LogP contribution >= 0.6 is 0 Å². The number of allylic oxidation sites excluding steroid dienone is 4. The van der Waals surface area contributed by atoms with Gasteiger partial charge in [-0.25, -0.2) is 4.79 Å². The lowest BCUT2D eigenvalue weighted by Gasteiger charge is -2.58. The van der Waals surface area contributed by atoms with Crippen LogP contribution in [0.15, 0.2) is 29.0 Å². The predicted octanol–water partition coefficient (Wildman–Crippen LogP) is 2.98. The van der Waals surface area contributed by atoms with Crippen molar-refractivity contribution < 1.29 is 29.4 Å². The molecule has 198 valence electrons. The van der Waals surface area contributed by atoms with E-state index in [0.717, 1.165) is 38.5 Å². The third-order valence-electron chi connectivity index (χ3n) is 10.6. The second kappa shape index (κ2) is 8.98. The third-order valence-corrected chi connectivity index (χ3v) is 10.6. The van der Waals surface area contributed by atoms with Crippen LogP contribution in [0.2, 0.25) is 0 Å². The van der Waals surface area contributed by atoms with Gasteiger partial charge in [0.25, 0.3) is 5.91 Å². The zero-order valence-corrected chi connectivity index (χ0v) is 21.9. The van der Waals surface area contributed by atoms with E-state index in [4.69, 9.17) is 9.57 Å². The van der Waals surface area contributed by atoms with Crippen molar-refractivity contribution >= 4 is 17.6 Å². The highest BCUT2D eigenvalue weighted by molar-refractivity contribution is 6.05. The highest BCUT2D eigenvalue weighted by atomic mass is 16.6. The number of β-amino-alcohol motifs (C(OH)–C–C–N with tert-alkyl or cyclic N) is 1. The summed E-state index contributed by atoms with van der Waals surface area (Å²) in [6.45, 7) is 6.47. The normalized spacial score (nSPS) is 44.5. The molecule has 8 atom stereocenters. The molecule has 36 heavy (non-hydrogen) atoms. The molecule has 4 aliphatic carbocycles. The minimum atomic E-state index is -0.790. The van der Waals surface area contributed by atoms with Gasteiger partial charge in [-0.2, -0.15) is 0 Å². The standard InChI is InChI=1S/C28H40N2O6/c1-26-10-7-18(29-36-16-24(32)30-15-19(31)14-23(30)25(33)35-4)13-17(26)5-6-20-21(26)8-11-27(2)22(20)9-12-28(27,3)34/h7,10,13,19-23,31,34H,5-6,8-9,11-12,14-16H2,1-4H3/t19-,20+,21-,22-,23+,26-,27-,28-/m0/s1. The molecule has 0 bridgehead atoms. The molecule has 1 aliphatic heterocycles. The quantitative estimate of drug-likeness (QED) is 0.454. The topological polar surface area (TPSA) is 109 Å². The number of nitrogens with zero attached hydrogens (tertiary/aromatic N) is 2. The van der Waals surface area contributed by atoms with Crippen LogP contribution in [0.1, 0.15) is 65.7 Å². The van der Waals surface area contributed by atoms with Gasteiger partial charge in [0.05, 0.1) is 18.8 Å². The Labute approximate surface area is 213 Å². The van der Waals surface area contributed by atoms with Crippen molar-refractivity contribution in [1.29, 1.82) is 0 Å². The summed E-state index contributed by atoms with van der Waals surface area (Å²) in [6, 6.07) is -0.790. The molecule has 2 N–H and O–H groups in total. The summed E-state index contributed by atoms with van der Waals surface area (Å²) in [6.07, 6.45) is 12.1. The fourth-order valence-electron chi connectivity index (χ4n) is 8.20. The van der Waals surface area contributed by atoms with E-state index < -0.39 is 29.6 Å². The van der Waals surface area contributed by atoms with Gasteiger partial charge in [0.1, 0.15) is 11.8 Å². The number of hydrogen-bond acceptors (Lipinski definition) is 7. The van der Waals surface area contributed by atoms with Gasteiger partial charge in [-0.1, -0.05) is 30.7 Å². The van der Waals surface area contributed by atoms with Crippen LogP contribution in [0.25, 0.3) is 0 Å². The van der Waals surface area contributed by atoms with E-state index in [2.05, 4.69) is 31.2 Å².